The average molecular weight is 415 g/mol. The first-order chi connectivity index (χ1) is 15.1. The van der Waals surface area contributed by atoms with E-state index in [2.05, 4.69) is 16.0 Å². The fourth-order valence-corrected chi connectivity index (χ4v) is 3.47. The number of ether oxygens (including phenoxy) is 2. The zero-order valence-corrected chi connectivity index (χ0v) is 17.8. The lowest BCUT2D eigenvalue weighted by molar-refractivity contribution is 0.0254. The Morgan fingerprint density at radius 2 is 1.97 bits per heavy atom. The van der Waals surface area contributed by atoms with Gasteiger partial charge in [0.15, 0.2) is 0 Å². The van der Waals surface area contributed by atoms with Crippen LogP contribution in [0, 0.1) is 11.3 Å². The molecule has 4 rings (SSSR count). The Bertz CT molecular complexity index is 1070. The first-order valence-electron chi connectivity index (χ1n) is 10.4. The standard InChI is InChI=1S/C24H25N5O2/c1-29(2)24-6-3-17(16-27-24)13-23-26-10-7-21(28-23)18-4-5-22(19(14-18)15-25)31-20-8-11-30-12-9-20/h3-7,10,14,16,20H,8-9,11-13H2,1-2H3. The minimum absolute atomic E-state index is 0.0878. The van der Waals surface area contributed by atoms with E-state index in [4.69, 9.17) is 14.5 Å². The zero-order valence-electron chi connectivity index (χ0n) is 17.8. The lowest BCUT2D eigenvalue weighted by Crippen LogP contribution is -2.26. The van der Waals surface area contributed by atoms with Gasteiger partial charge in [0.2, 0.25) is 0 Å². The summed E-state index contributed by atoms with van der Waals surface area (Å²) in [6, 6.07) is 13.7. The van der Waals surface area contributed by atoms with Crippen LogP contribution in [0.3, 0.4) is 0 Å². The van der Waals surface area contributed by atoms with Gasteiger partial charge in [0.05, 0.1) is 24.5 Å². The Morgan fingerprint density at radius 1 is 1.13 bits per heavy atom. The smallest absolute Gasteiger partial charge is 0.137 e. The molecule has 0 atom stereocenters. The third kappa shape index (κ3) is 5.16. The van der Waals surface area contributed by atoms with Gasteiger partial charge in [-0.15, -0.1) is 0 Å². The molecule has 7 nitrogen and oxygen atoms in total. The number of anilines is 1. The first kappa shape index (κ1) is 20.8. The number of nitrogens with zero attached hydrogens (tertiary/aromatic N) is 5. The summed E-state index contributed by atoms with van der Waals surface area (Å²) < 4.78 is 11.4. The molecule has 3 aromatic rings. The van der Waals surface area contributed by atoms with Crippen molar-refractivity contribution in [3.05, 3.63) is 65.7 Å². The van der Waals surface area contributed by atoms with Crippen LogP contribution < -0.4 is 9.64 Å². The topological polar surface area (TPSA) is 84.2 Å². The van der Waals surface area contributed by atoms with E-state index in [1.165, 1.54) is 0 Å². The van der Waals surface area contributed by atoms with E-state index in [9.17, 15) is 5.26 Å². The Labute approximate surface area is 182 Å². The van der Waals surface area contributed by atoms with Gasteiger partial charge in [-0.3, -0.25) is 0 Å². The number of nitriles is 1. The van der Waals surface area contributed by atoms with Crippen molar-refractivity contribution < 1.29 is 9.47 Å². The molecule has 7 heteroatoms. The molecule has 0 saturated carbocycles. The van der Waals surface area contributed by atoms with E-state index in [0.717, 1.165) is 35.5 Å². The maximum absolute atomic E-state index is 9.63. The lowest BCUT2D eigenvalue weighted by Gasteiger charge is -2.23. The van der Waals surface area contributed by atoms with Crippen molar-refractivity contribution in [1.29, 1.82) is 5.26 Å². The molecule has 1 saturated heterocycles. The van der Waals surface area contributed by atoms with Crippen LogP contribution in [-0.4, -0.2) is 48.4 Å². The minimum Gasteiger partial charge on any atom is -0.489 e. The highest BCUT2D eigenvalue weighted by Crippen LogP contribution is 2.27. The molecule has 0 N–H and O–H groups in total. The highest BCUT2D eigenvalue weighted by atomic mass is 16.5. The molecule has 3 heterocycles. The lowest BCUT2D eigenvalue weighted by atomic mass is 10.1. The molecule has 0 spiro atoms. The maximum atomic E-state index is 9.63. The second kappa shape index (κ2) is 9.54. The van der Waals surface area contributed by atoms with E-state index >= 15 is 0 Å². The number of pyridine rings is 1. The van der Waals surface area contributed by atoms with Crippen LogP contribution in [0.15, 0.2) is 48.8 Å². The monoisotopic (exact) mass is 415 g/mol. The maximum Gasteiger partial charge on any atom is 0.137 e. The van der Waals surface area contributed by atoms with Gasteiger partial charge in [-0.25, -0.2) is 15.0 Å². The van der Waals surface area contributed by atoms with Crippen molar-refractivity contribution in [2.75, 3.05) is 32.2 Å². The van der Waals surface area contributed by atoms with Crippen molar-refractivity contribution >= 4 is 5.82 Å². The SMILES string of the molecule is CN(C)c1ccc(Cc2nccc(-c3ccc(OC4CCOCC4)c(C#N)c3)n2)cn1. The summed E-state index contributed by atoms with van der Waals surface area (Å²) in [7, 11) is 3.92. The molecule has 0 unspecified atom stereocenters. The fraction of sp³-hybridized carbons (Fsp3) is 0.333. The molecule has 1 aromatic carbocycles. The van der Waals surface area contributed by atoms with Crippen molar-refractivity contribution in [2.24, 2.45) is 0 Å². The molecule has 1 fully saturated rings. The molecule has 0 radical (unpaired) electrons. The van der Waals surface area contributed by atoms with Crippen molar-refractivity contribution in [3.63, 3.8) is 0 Å². The highest BCUT2D eigenvalue weighted by Gasteiger charge is 2.17. The van der Waals surface area contributed by atoms with Gasteiger partial charge in [0.1, 0.15) is 29.6 Å². The van der Waals surface area contributed by atoms with Crippen LogP contribution in [0.4, 0.5) is 5.82 Å². The molecule has 1 aliphatic rings. The molecule has 0 bridgehead atoms. The Morgan fingerprint density at radius 3 is 2.68 bits per heavy atom. The summed E-state index contributed by atoms with van der Waals surface area (Å²) in [5, 5.41) is 9.63. The average Bonchev–Trinajstić information content (AvgIpc) is 2.80. The van der Waals surface area contributed by atoms with Crippen molar-refractivity contribution in [1.82, 2.24) is 15.0 Å². The first-order valence-corrected chi connectivity index (χ1v) is 10.4. The van der Waals surface area contributed by atoms with Gasteiger partial charge in [0.25, 0.3) is 0 Å². The molecule has 0 aliphatic carbocycles. The second-order valence-corrected chi connectivity index (χ2v) is 7.71. The van der Waals surface area contributed by atoms with E-state index in [1.807, 2.05) is 61.6 Å². The predicted octanol–water partition coefficient (Wildman–Crippen LogP) is 3.62. The number of hydrogen-bond donors (Lipinski definition) is 0. The zero-order chi connectivity index (χ0) is 21.6. The third-order valence-corrected chi connectivity index (χ3v) is 5.19. The van der Waals surface area contributed by atoms with Gasteiger partial charge in [0, 0.05) is 51.3 Å². The van der Waals surface area contributed by atoms with Crippen LogP contribution in [0.1, 0.15) is 29.8 Å². The molecule has 2 aromatic heterocycles. The Kier molecular flexibility index (Phi) is 6.39. The van der Waals surface area contributed by atoms with Gasteiger partial charge >= 0.3 is 0 Å². The molecule has 31 heavy (non-hydrogen) atoms. The van der Waals surface area contributed by atoms with Gasteiger partial charge < -0.3 is 14.4 Å². The Hall–Kier alpha value is -3.50. The number of rotatable bonds is 6. The summed E-state index contributed by atoms with van der Waals surface area (Å²) in [5.41, 5.74) is 3.19. The number of benzene rings is 1. The summed E-state index contributed by atoms with van der Waals surface area (Å²) in [4.78, 5) is 15.5. The highest BCUT2D eigenvalue weighted by molar-refractivity contribution is 5.64. The van der Waals surface area contributed by atoms with Crippen molar-refractivity contribution in [3.8, 4) is 23.1 Å². The largest absolute Gasteiger partial charge is 0.489 e. The molecule has 0 amide bonds. The van der Waals surface area contributed by atoms with E-state index in [-0.39, 0.29) is 6.10 Å². The Balaban J connectivity index is 1.52. The van der Waals surface area contributed by atoms with E-state index < -0.39 is 0 Å². The quantitative estimate of drug-likeness (QED) is 0.608. The number of hydrogen-bond acceptors (Lipinski definition) is 7. The second-order valence-electron chi connectivity index (χ2n) is 7.71. The van der Waals surface area contributed by atoms with Gasteiger partial charge in [-0.1, -0.05) is 6.07 Å². The van der Waals surface area contributed by atoms with Crippen LogP contribution >= 0.6 is 0 Å². The van der Waals surface area contributed by atoms with Gasteiger partial charge in [-0.05, 0) is 35.9 Å². The van der Waals surface area contributed by atoms with E-state index in [1.54, 1.807) is 6.20 Å². The predicted molar refractivity (Wildman–Crippen MR) is 118 cm³/mol. The van der Waals surface area contributed by atoms with Crippen LogP contribution in [0.25, 0.3) is 11.3 Å². The van der Waals surface area contributed by atoms with Crippen LogP contribution in [0.2, 0.25) is 0 Å². The van der Waals surface area contributed by atoms with Crippen molar-refractivity contribution in [2.45, 2.75) is 25.4 Å². The normalized spacial score (nSPS) is 14.1. The molecular weight excluding hydrogens is 390 g/mol. The molecule has 1 aliphatic heterocycles. The summed E-state index contributed by atoms with van der Waals surface area (Å²) in [6.07, 6.45) is 5.95. The van der Waals surface area contributed by atoms with Crippen LogP contribution in [0.5, 0.6) is 5.75 Å². The molecular formula is C24H25N5O2. The summed E-state index contributed by atoms with van der Waals surface area (Å²) in [6.45, 7) is 1.39. The molecule has 158 valence electrons. The van der Waals surface area contributed by atoms with Gasteiger partial charge in [-0.2, -0.15) is 5.26 Å². The fourth-order valence-electron chi connectivity index (χ4n) is 3.47. The van der Waals surface area contributed by atoms with E-state index in [0.29, 0.717) is 36.8 Å². The summed E-state index contributed by atoms with van der Waals surface area (Å²) >= 11 is 0. The third-order valence-electron chi connectivity index (χ3n) is 5.19. The number of aromatic nitrogens is 3. The summed E-state index contributed by atoms with van der Waals surface area (Å²) in [5.74, 6) is 2.22. The van der Waals surface area contributed by atoms with Crippen LogP contribution in [-0.2, 0) is 11.2 Å². The minimum atomic E-state index is 0.0878.